The topological polar surface area (TPSA) is 58.6 Å². The molecule has 5 heteroatoms. The average molecular weight is 330 g/mol. The molecule has 2 amide bonds. The molecule has 1 atom stereocenters. The third kappa shape index (κ3) is 3.78. The Balaban J connectivity index is 1.66. The SMILES string of the molecule is COc1ccc(N2C(=O)C[C@@H](NC3CCCCCCC3)C2=O)cc1. The summed E-state index contributed by atoms with van der Waals surface area (Å²) in [4.78, 5) is 26.4. The summed E-state index contributed by atoms with van der Waals surface area (Å²) in [5.41, 5.74) is 0.618. The van der Waals surface area contributed by atoms with E-state index in [1.54, 1.807) is 31.4 Å². The van der Waals surface area contributed by atoms with Gasteiger partial charge in [0, 0.05) is 6.04 Å². The van der Waals surface area contributed by atoms with Crippen molar-refractivity contribution < 1.29 is 14.3 Å². The molecule has 0 aromatic heterocycles. The zero-order chi connectivity index (χ0) is 16.9. The summed E-state index contributed by atoms with van der Waals surface area (Å²) in [6.07, 6.45) is 8.71. The lowest BCUT2D eigenvalue weighted by molar-refractivity contribution is -0.121. The van der Waals surface area contributed by atoms with Crippen LogP contribution in [-0.2, 0) is 9.59 Å². The van der Waals surface area contributed by atoms with Crippen LogP contribution in [0.5, 0.6) is 5.75 Å². The van der Waals surface area contributed by atoms with Gasteiger partial charge in [0.25, 0.3) is 5.91 Å². The highest BCUT2D eigenvalue weighted by atomic mass is 16.5. The van der Waals surface area contributed by atoms with Crippen LogP contribution in [0.25, 0.3) is 0 Å². The van der Waals surface area contributed by atoms with Gasteiger partial charge in [-0.05, 0) is 37.1 Å². The number of nitrogens with zero attached hydrogens (tertiary/aromatic N) is 1. The lowest BCUT2D eigenvalue weighted by atomic mass is 9.96. The summed E-state index contributed by atoms with van der Waals surface area (Å²) in [6, 6.07) is 7.02. The maximum Gasteiger partial charge on any atom is 0.251 e. The van der Waals surface area contributed by atoms with Gasteiger partial charge in [-0.15, -0.1) is 0 Å². The lowest BCUT2D eigenvalue weighted by Crippen LogP contribution is -2.44. The molecule has 2 fully saturated rings. The summed E-state index contributed by atoms with van der Waals surface area (Å²) in [7, 11) is 1.59. The molecule has 1 saturated heterocycles. The number of ether oxygens (including phenoxy) is 1. The van der Waals surface area contributed by atoms with Gasteiger partial charge >= 0.3 is 0 Å². The van der Waals surface area contributed by atoms with Crippen molar-refractivity contribution in [3.63, 3.8) is 0 Å². The molecule has 1 aromatic rings. The van der Waals surface area contributed by atoms with Crippen molar-refractivity contribution in [2.24, 2.45) is 0 Å². The van der Waals surface area contributed by atoms with Crippen LogP contribution in [-0.4, -0.2) is 31.0 Å². The van der Waals surface area contributed by atoms with Gasteiger partial charge in [0.15, 0.2) is 0 Å². The Morgan fingerprint density at radius 1 is 1.00 bits per heavy atom. The fourth-order valence-electron chi connectivity index (χ4n) is 3.67. The number of amides is 2. The number of hydrogen-bond donors (Lipinski definition) is 1. The molecule has 2 aliphatic rings. The maximum absolute atomic E-state index is 12.7. The first-order valence-electron chi connectivity index (χ1n) is 8.96. The van der Waals surface area contributed by atoms with Crippen LogP contribution in [0.1, 0.15) is 51.4 Å². The first-order chi connectivity index (χ1) is 11.7. The van der Waals surface area contributed by atoms with E-state index in [-0.39, 0.29) is 24.3 Å². The number of rotatable bonds is 4. The quantitative estimate of drug-likeness (QED) is 0.862. The molecule has 0 spiro atoms. The van der Waals surface area contributed by atoms with E-state index in [2.05, 4.69) is 5.32 Å². The van der Waals surface area contributed by atoms with E-state index in [4.69, 9.17) is 4.74 Å². The number of carbonyl (C=O) groups is 2. The molecule has 24 heavy (non-hydrogen) atoms. The minimum atomic E-state index is -0.385. The molecule has 0 unspecified atom stereocenters. The van der Waals surface area contributed by atoms with Crippen LogP contribution in [0.15, 0.2) is 24.3 Å². The molecule has 1 heterocycles. The lowest BCUT2D eigenvalue weighted by Gasteiger charge is -2.24. The minimum Gasteiger partial charge on any atom is -0.497 e. The second-order valence-corrected chi connectivity index (χ2v) is 6.73. The van der Waals surface area contributed by atoms with E-state index in [1.807, 2.05) is 0 Å². The Morgan fingerprint density at radius 2 is 1.62 bits per heavy atom. The monoisotopic (exact) mass is 330 g/mol. The molecule has 1 aliphatic carbocycles. The van der Waals surface area contributed by atoms with Gasteiger partial charge in [-0.25, -0.2) is 4.90 Å². The van der Waals surface area contributed by atoms with Gasteiger partial charge in [0.05, 0.1) is 25.3 Å². The molecule has 5 nitrogen and oxygen atoms in total. The van der Waals surface area contributed by atoms with Crippen molar-refractivity contribution in [2.75, 3.05) is 12.0 Å². The number of nitrogens with one attached hydrogen (secondary N) is 1. The van der Waals surface area contributed by atoms with E-state index in [0.717, 1.165) is 12.8 Å². The summed E-state index contributed by atoms with van der Waals surface area (Å²) < 4.78 is 5.13. The Kier molecular flexibility index (Phi) is 5.51. The third-order valence-electron chi connectivity index (χ3n) is 5.02. The first-order valence-corrected chi connectivity index (χ1v) is 8.96. The fraction of sp³-hybridized carbons (Fsp3) is 0.579. The highest BCUT2D eigenvalue weighted by Gasteiger charge is 2.40. The van der Waals surface area contributed by atoms with E-state index >= 15 is 0 Å². The normalized spacial score (nSPS) is 23.2. The van der Waals surface area contributed by atoms with Crippen LogP contribution in [0, 0.1) is 0 Å². The van der Waals surface area contributed by atoms with Gasteiger partial charge in [-0.1, -0.05) is 32.1 Å². The number of imide groups is 1. The number of methoxy groups -OCH3 is 1. The molecule has 0 bridgehead atoms. The van der Waals surface area contributed by atoms with Crippen molar-refractivity contribution in [1.82, 2.24) is 5.32 Å². The summed E-state index contributed by atoms with van der Waals surface area (Å²) in [5, 5.41) is 3.45. The zero-order valence-corrected chi connectivity index (χ0v) is 14.3. The van der Waals surface area contributed by atoms with Crippen LogP contribution in [0.4, 0.5) is 5.69 Å². The highest BCUT2D eigenvalue weighted by Crippen LogP contribution is 2.26. The van der Waals surface area contributed by atoms with Crippen LogP contribution < -0.4 is 15.0 Å². The second kappa shape index (κ2) is 7.79. The highest BCUT2D eigenvalue weighted by molar-refractivity contribution is 6.22. The molecular formula is C19H26N2O3. The largest absolute Gasteiger partial charge is 0.497 e. The zero-order valence-electron chi connectivity index (χ0n) is 14.3. The predicted octanol–water partition coefficient (Wildman–Crippen LogP) is 3.03. The van der Waals surface area contributed by atoms with Gasteiger partial charge in [-0.2, -0.15) is 0 Å². The average Bonchev–Trinajstić information content (AvgIpc) is 2.84. The third-order valence-corrected chi connectivity index (χ3v) is 5.02. The van der Waals surface area contributed by atoms with Gasteiger partial charge in [0.2, 0.25) is 5.91 Å². The van der Waals surface area contributed by atoms with Crippen molar-refractivity contribution >= 4 is 17.5 Å². The number of hydrogen-bond acceptors (Lipinski definition) is 4. The van der Waals surface area contributed by atoms with Gasteiger partial charge in [-0.3, -0.25) is 9.59 Å². The molecule has 1 N–H and O–H groups in total. The first kappa shape index (κ1) is 17.0. The van der Waals surface area contributed by atoms with Crippen molar-refractivity contribution in [1.29, 1.82) is 0 Å². The van der Waals surface area contributed by atoms with E-state index in [0.29, 0.717) is 17.5 Å². The molecule has 1 aliphatic heterocycles. The summed E-state index contributed by atoms with van der Waals surface area (Å²) in [6.45, 7) is 0. The standard InChI is InChI=1S/C19H26N2O3/c1-24-16-11-9-15(10-12-16)21-18(22)13-17(19(21)23)20-14-7-5-3-2-4-6-8-14/h9-12,14,17,20H,2-8,13H2,1H3/t17-/m1/s1. The molecule has 1 saturated carbocycles. The van der Waals surface area contributed by atoms with Gasteiger partial charge in [0.1, 0.15) is 5.75 Å². The van der Waals surface area contributed by atoms with Crippen molar-refractivity contribution in [3.05, 3.63) is 24.3 Å². The molecule has 130 valence electrons. The van der Waals surface area contributed by atoms with E-state index < -0.39 is 0 Å². The van der Waals surface area contributed by atoms with Gasteiger partial charge < -0.3 is 10.1 Å². The second-order valence-electron chi connectivity index (χ2n) is 6.73. The minimum absolute atomic E-state index is 0.131. The van der Waals surface area contributed by atoms with Crippen LogP contribution in [0.2, 0.25) is 0 Å². The number of benzene rings is 1. The predicted molar refractivity (Wildman–Crippen MR) is 93.1 cm³/mol. The Labute approximate surface area is 143 Å². The van der Waals surface area contributed by atoms with Crippen LogP contribution >= 0.6 is 0 Å². The van der Waals surface area contributed by atoms with E-state index in [9.17, 15) is 9.59 Å². The summed E-state index contributed by atoms with van der Waals surface area (Å²) >= 11 is 0. The summed E-state index contributed by atoms with van der Waals surface area (Å²) in [5.74, 6) is 0.447. The fourth-order valence-corrected chi connectivity index (χ4v) is 3.67. The Bertz CT molecular complexity index is 577. The maximum atomic E-state index is 12.7. The van der Waals surface area contributed by atoms with Crippen molar-refractivity contribution in [2.45, 2.75) is 63.5 Å². The Hall–Kier alpha value is -1.88. The molecule has 3 rings (SSSR count). The number of carbonyl (C=O) groups excluding carboxylic acids is 2. The Morgan fingerprint density at radius 3 is 2.25 bits per heavy atom. The smallest absolute Gasteiger partial charge is 0.251 e. The number of anilines is 1. The van der Waals surface area contributed by atoms with Crippen molar-refractivity contribution in [3.8, 4) is 5.75 Å². The van der Waals surface area contributed by atoms with E-state index in [1.165, 1.54) is 37.0 Å². The molecule has 0 radical (unpaired) electrons. The molecule has 1 aromatic carbocycles. The molecular weight excluding hydrogens is 304 g/mol. The van der Waals surface area contributed by atoms with Crippen LogP contribution in [0.3, 0.4) is 0 Å².